The maximum absolute atomic E-state index is 4.20. The summed E-state index contributed by atoms with van der Waals surface area (Å²) in [5.74, 6) is 0.875. The van der Waals surface area contributed by atoms with Gasteiger partial charge in [0.2, 0.25) is 0 Å². The molecule has 1 saturated carbocycles. The molecule has 0 saturated heterocycles. The molecule has 2 nitrogen and oxygen atoms in total. The lowest BCUT2D eigenvalue weighted by molar-refractivity contribution is 0.362. The zero-order valence-electron chi connectivity index (χ0n) is 10.2. The van der Waals surface area contributed by atoms with Gasteiger partial charge >= 0.3 is 0 Å². The van der Waals surface area contributed by atoms with Crippen LogP contribution < -0.4 is 5.32 Å². The molecule has 0 bridgehead atoms. The van der Waals surface area contributed by atoms with Crippen LogP contribution in [0.2, 0.25) is 0 Å². The maximum atomic E-state index is 4.20. The normalized spacial score (nSPS) is 18.8. The second-order valence-electron chi connectivity index (χ2n) is 4.77. The predicted molar refractivity (Wildman–Crippen MR) is 67.4 cm³/mol. The van der Waals surface area contributed by atoms with Crippen LogP contribution in [0.5, 0.6) is 0 Å². The highest BCUT2D eigenvalue weighted by molar-refractivity contribution is 5.10. The first-order valence-electron chi connectivity index (χ1n) is 6.52. The summed E-state index contributed by atoms with van der Waals surface area (Å²) in [7, 11) is 0. The van der Waals surface area contributed by atoms with E-state index in [4.69, 9.17) is 0 Å². The zero-order chi connectivity index (χ0) is 11.2. The molecular weight excluding hydrogens is 196 g/mol. The van der Waals surface area contributed by atoms with Gasteiger partial charge in [-0.15, -0.1) is 0 Å². The van der Waals surface area contributed by atoms with Gasteiger partial charge in [-0.3, -0.25) is 4.98 Å². The Balaban J connectivity index is 1.96. The van der Waals surface area contributed by atoms with Gasteiger partial charge in [0, 0.05) is 18.4 Å². The summed E-state index contributed by atoms with van der Waals surface area (Å²) in [5.41, 5.74) is 1.36. The van der Waals surface area contributed by atoms with Crippen molar-refractivity contribution in [3.8, 4) is 0 Å². The number of rotatable bonds is 5. The summed E-state index contributed by atoms with van der Waals surface area (Å²) in [6, 6.07) is 4.87. The largest absolute Gasteiger partial charge is 0.314 e. The molecule has 0 amide bonds. The van der Waals surface area contributed by atoms with E-state index in [0.717, 1.165) is 18.9 Å². The second kappa shape index (κ2) is 6.00. The predicted octanol–water partition coefficient (Wildman–Crippen LogP) is 2.79. The fraction of sp³-hybridized carbons (Fsp3) is 0.643. The molecular formula is C14H22N2. The van der Waals surface area contributed by atoms with Crippen molar-refractivity contribution in [2.75, 3.05) is 6.54 Å². The Morgan fingerprint density at radius 2 is 2.25 bits per heavy atom. The van der Waals surface area contributed by atoms with Crippen LogP contribution in [0.15, 0.2) is 24.5 Å². The molecule has 0 aromatic carbocycles. The molecule has 1 aliphatic carbocycles. The minimum absolute atomic E-state index is 0.650. The van der Waals surface area contributed by atoms with E-state index in [2.05, 4.69) is 23.3 Å². The second-order valence-corrected chi connectivity index (χ2v) is 4.77. The molecule has 1 aliphatic rings. The number of likely N-dealkylation sites (N-methyl/N-ethyl adjacent to an activating group) is 1. The Bertz CT molecular complexity index is 291. The lowest BCUT2D eigenvalue weighted by Crippen LogP contribution is -2.36. The van der Waals surface area contributed by atoms with Crippen LogP contribution in [0.3, 0.4) is 0 Å². The molecule has 0 radical (unpaired) electrons. The summed E-state index contributed by atoms with van der Waals surface area (Å²) in [6.45, 7) is 3.27. The van der Waals surface area contributed by atoms with Gasteiger partial charge in [-0.2, -0.15) is 0 Å². The smallest absolute Gasteiger partial charge is 0.0300 e. The molecule has 1 atom stereocenters. The van der Waals surface area contributed by atoms with Crippen molar-refractivity contribution in [1.82, 2.24) is 10.3 Å². The standard InChI is InChI=1S/C14H22N2/c1-2-16-14(13-7-3-4-8-13)10-12-6-5-9-15-11-12/h5-6,9,11,13-14,16H,2-4,7-8,10H2,1H3. The van der Waals surface area contributed by atoms with Crippen LogP contribution >= 0.6 is 0 Å². The number of nitrogens with zero attached hydrogens (tertiary/aromatic N) is 1. The summed E-state index contributed by atoms with van der Waals surface area (Å²) < 4.78 is 0. The zero-order valence-corrected chi connectivity index (χ0v) is 10.2. The number of aromatic nitrogens is 1. The van der Waals surface area contributed by atoms with Crippen LogP contribution in [0.25, 0.3) is 0 Å². The van der Waals surface area contributed by atoms with Gasteiger partial charge in [0.15, 0.2) is 0 Å². The van der Waals surface area contributed by atoms with Crippen LogP contribution in [-0.2, 0) is 6.42 Å². The van der Waals surface area contributed by atoms with Crippen molar-refractivity contribution in [3.05, 3.63) is 30.1 Å². The molecule has 1 aromatic rings. The van der Waals surface area contributed by atoms with Crippen LogP contribution in [0, 0.1) is 5.92 Å². The van der Waals surface area contributed by atoms with E-state index in [0.29, 0.717) is 6.04 Å². The highest BCUT2D eigenvalue weighted by atomic mass is 14.9. The van der Waals surface area contributed by atoms with Crippen molar-refractivity contribution >= 4 is 0 Å². The van der Waals surface area contributed by atoms with E-state index in [1.54, 1.807) is 0 Å². The number of nitrogens with one attached hydrogen (secondary N) is 1. The maximum Gasteiger partial charge on any atom is 0.0300 e. The molecule has 2 heteroatoms. The lowest BCUT2D eigenvalue weighted by Gasteiger charge is -2.24. The highest BCUT2D eigenvalue weighted by Crippen LogP contribution is 2.29. The van der Waals surface area contributed by atoms with Gasteiger partial charge in [-0.05, 0) is 43.4 Å². The van der Waals surface area contributed by atoms with E-state index >= 15 is 0 Å². The van der Waals surface area contributed by atoms with Crippen molar-refractivity contribution in [2.45, 2.75) is 45.1 Å². The third-order valence-corrected chi connectivity index (χ3v) is 3.61. The lowest BCUT2D eigenvalue weighted by atomic mass is 9.93. The van der Waals surface area contributed by atoms with Gasteiger partial charge in [-0.25, -0.2) is 0 Å². The Labute approximate surface area is 98.5 Å². The van der Waals surface area contributed by atoms with Gasteiger partial charge in [0.1, 0.15) is 0 Å². The van der Waals surface area contributed by atoms with E-state index in [1.807, 2.05) is 18.5 Å². The Kier molecular flexibility index (Phi) is 4.34. The number of pyridine rings is 1. The molecule has 1 fully saturated rings. The van der Waals surface area contributed by atoms with Gasteiger partial charge in [0.05, 0.1) is 0 Å². The van der Waals surface area contributed by atoms with E-state index in [1.165, 1.54) is 31.2 Å². The van der Waals surface area contributed by atoms with Crippen molar-refractivity contribution in [3.63, 3.8) is 0 Å². The summed E-state index contributed by atoms with van der Waals surface area (Å²) in [6.07, 6.45) is 10.6. The van der Waals surface area contributed by atoms with Crippen molar-refractivity contribution in [1.29, 1.82) is 0 Å². The Morgan fingerprint density at radius 3 is 2.88 bits per heavy atom. The summed E-state index contributed by atoms with van der Waals surface area (Å²) >= 11 is 0. The quantitative estimate of drug-likeness (QED) is 0.822. The van der Waals surface area contributed by atoms with E-state index in [9.17, 15) is 0 Å². The molecule has 1 aromatic heterocycles. The van der Waals surface area contributed by atoms with Crippen LogP contribution in [-0.4, -0.2) is 17.6 Å². The highest BCUT2D eigenvalue weighted by Gasteiger charge is 2.24. The summed E-state index contributed by atoms with van der Waals surface area (Å²) in [4.78, 5) is 4.20. The summed E-state index contributed by atoms with van der Waals surface area (Å²) in [5, 5.41) is 3.65. The monoisotopic (exact) mass is 218 g/mol. The Morgan fingerprint density at radius 1 is 1.44 bits per heavy atom. The topological polar surface area (TPSA) is 24.9 Å². The first-order chi connectivity index (χ1) is 7.90. The van der Waals surface area contributed by atoms with Gasteiger partial charge < -0.3 is 5.32 Å². The number of hydrogen-bond acceptors (Lipinski definition) is 2. The minimum Gasteiger partial charge on any atom is -0.314 e. The molecule has 1 unspecified atom stereocenters. The third kappa shape index (κ3) is 3.05. The van der Waals surface area contributed by atoms with Crippen molar-refractivity contribution in [2.24, 2.45) is 5.92 Å². The van der Waals surface area contributed by atoms with Crippen LogP contribution in [0.1, 0.15) is 38.2 Å². The molecule has 88 valence electrons. The fourth-order valence-corrected chi connectivity index (χ4v) is 2.80. The molecule has 1 N–H and O–H groups in total. The van der Waals surface area contributed by atoms with E-state index < -0.39 is 0 Å². The SMILES string of the molecule is CCNC(Cc1cccnc1)C1CCCC1. The average molecular weight is 218 g/mol. The molecule has 0 spiro atoms. The molecule has 2 rings (SSSR count). The minimum atomic E-state index is 0.650. The first-order valence-corrected chi connectivity index (χ1v) is 6.52. The van der Waals surface area contributed by atoms with Crippen molar-refractivity contribution < 1.29 is 0 Å². The third-order valence-electron chi connectivity index (χ3n) is 3.61. The molecule has 1 heterocycles. The fourth-order valence-electron chi connectivity index (χ4n) is 2.80. The Hall–Kier alpha value is -0.890. The molecule has 16 heavy (non-hydrogen) atoms. The first kappa shape index (κ1) is 11.6. The van der Waals surface area contributed by atoms with Gasteiger partial charge in [0.25, 0.3) is 0 Å². The van der Waals surface area contributed by atoms with Crippen LogP contribution in [0.4, 0.5) is 0 Å². The number of hydrogen-bond donors (Lipinski definition) is 1. The van der Waals surface area contributed by atoms with E-state index in [-0.39, 0.29) is 0 Å². The van der Waals surface area contributed by atoms with Gasteiger partial charge in [-0.1, -0.05) is 25.8 Å². The molecule has 0 aliphatic heterocycles. The average Bonchev–Trinajstić information content (AvgIpc) is 2.83.